The number of carbonyl (C=O) groups excluding carboxylic acids is 1. The maximum Gasteiger partial charge on any atom is 0.251 e. The smallest absolute Gasteiger partial charge is 0.251 e. The first kappa shape index (κ1) is 22.0. The van der Waals surface area contributed by atoms with Gasteiger partial charge in [0.15, 0.2) is 0 Å². The highest BCUT2D eigenvalue weighted by Gasteiger charge is 2.28. The maximum absolute atomic E-state index is 13.0. The number of benzene rings is 1. The van der Waals surface area contributed by atoms with Gasteiger partial charge < -0.3 is 10.2 Å². The molecule has 0 radical (unpaired) electrons. The first-order valence-corrected chi connectivity index (χ1v) is 12.2. The van der Waals surface area contributed by atoms with Gasteiger partial charge in [-0.05, 0) is 49.0 Å². The zero-order valence-corrected chi connectivity index (χ0v) is 18.8. The number of hydrogen-bond donors (Lipinski definition) is 1. The van der Waals surface area contributed by atoms with Gasteiger partial charge in [-0.25, -0.2) is 8.42 Å². The molecular formula is C21H29N3O3S2. The summed E-state index contributed by atoms with van der Waals surface area (Å²) in [6.45, 7) is 6.58. The maximum atomic E-state index is 13.0. The molecule has 158 valence electrons. The molecule has 1 amide bonds. The Labute approximate surface area is 177 Å². The van der Waals surface area contributed by atoms with E-state index in [0.29, 0.717) is 37.7 Å². The van der Waals surface area contributed by atoms with Crippen LogP contribution in [0.25, 0.3) is 0 Å². The molecule has 1 aromatic carbocycles. The SMILES string of the molecule is CC(C)CC(NC(=O)c1cccc(S(=O)(=O)N2CCN(C)CC2)c1)c1cccs1. The van der Waals surface area contributed by atoms with Crippen molar-refractivity contribution in [1.29, 1.82) is 0 Å². The summed E-state index contributed by atoms with van der Waals surface area (Å²) in [7, 11) is -1.62. The summed E-state index contributed by atoms with van der Waals surface area (Å²) in [6.07, 6.45) is 0.825. The monoisotopic (exact) mass is 435 g/mol. The lowest BCUT2D eigenvalue weighted by atomic mass is 10.0. The number of thiophene rings is 1. The molecule has 0 spiro atoms. The lowest BCUT2D eigenvalue weighted by Gasteiger charge is -2.31. The number of nitrogens with one attached hydrogen (secondary N) is 1. The van der Waals surface area contributed by atoms with E-state index in [2.05, 4.69) is 24.1 Å². The lowest BCUT2D eigenvalue weighted by Crippen LogP contribution is -2.47. The van der Waals surface area contributed by atoms with Crippen molar-refractivity contribution in [2.75, 3.05) is 33.2 Å². The van der Waals surface area contributed by atoms with Gasteiger partial charge in [-0.2, -0.15) is 4.31 Å². The summed E-state index contributed by atoms with van der Waals surface area (Å²) in [4.78, 5) is 16.3. The molecule has 1 N–H and O–H groups in total. The van der Waals surface area contributed by atoms with Crippen molar-refractivity contribution in [3.8, 4) is 0 Å². The number of likely N-dealkylation sites (N-methyl/N-ethyl adjacent to an activating group) is 1. The minimum Gasteiger partial charge on any atom is -0.344 e. The molecular weight excluding hydrogens is 406 g/mol. The minimum atomic E-state index is -3.60. The first-order valence-electron chi connectivity index (χ1n) is 9.90. The van der Waals surface area contributed by atoms with Crippen molar-refractivity contribution in [2.45, 2.75) is 31.2 Å². The summed E-state index contributed by atoms with van der Waals surface area (Å²) in [5.74, 6) is 0.172. The molecule has 6 nitrogen and oxygen atoms in total. The number of nitrogens with zero attached hydrogens (tertiary/aromatic N) is 2. The van der Waals surface area contributed by atoms with Gasteiger partial charge in [-0.15, -0.1) is 11.3 Å². The number of piperazine rings is 1. The van der Waals surface area contributed by atoms with E-state index < -0.39 is 10.0 Å². The van der Waals surface area contributed by atoms with E-state index >= 15 is 0 Å². The third-order valence-electron chi connectivity index (χ3n) is 5.10. The fraction of sp³-hybridized carbons (Fsp3) is 0.476. The van der Waals surface area contributed by atoms with Gasteiger partial charge in [0.05, 0.1) is 10.9 Å². The van der Waals surface area contributed by atoms with Crippen LogP contribution in [0.2, 0.25) is 0 Å². The van der Waals surface area contributed by atoms with Crippen LogP contribution in [0, 0.1) is 5.92 Å². The molecule has 0 aliphatic carbocycles. The van der Waals surface area contributed by atoms with E-state index in [-0.39, 0.29) is 16.8 Å². The van der Waals surface area contributed by atoms with E-state index in [4.69, 9.17) is 0 Å². The normalized spacial score (nSPS) is 17.4. The Kier molecular flexibility index (Phi) is 7.10. The highest BCUT2D eigenvalue weighted by Crippen LogP contribution is 2.26. The molecule has 0 saturated carbocycles. The molecule has 8 heteroatoms. The van der Waals surface area contributed by atoms with Crippen molar-refractivity contribution in [2.24, 2.45) is 5.92 Å². The van der Waals surface area contributed by atoms with Crippen LogP contribution in [0.1, 0.15) is 41.5 Å². The minimum absolute atomic E-state index is 0.0830. The Morgan fingerprint density at radius 1 is 1.14 bits per heavy atom. The Hall–Kier alpha value is -1.74. The highest BCUT2D eigenvalue weighted by molar-refractivity contribution is 7.89. The Balaban J connectivity index is 1.78. The van der Waals surface area contributed by atoms with Crippen LogP contribution in [-0.4, -0.2) is 56.8 Å². The van der Waals surface area contributed by atoms with Crippen molar-refractivity contribution in [1.82, 2.24) is 14.5 Å². The van der Waals surface area contributed by atoms with Crippen molar-refractivity contribution in [3.63, 3.8) is 0 Å². The third kappa shape index (κ3) is 5.45. The Bertz CT molecular complexity index is 918. The van der Waals surface area contributed by atoms with Crippen LogP contribution in [0.15, 0.2) is 46.7 Å². The number of hydrogen-bond acceptors (Lipinski definition) is 5. The van der Waals surface area contributed by atoms with Crippen LogP contribution in [0.5, 0.6) is 0 Å². The largest absolute Gasteiger partial charge is 0.344 e. The molecule has 1 fully saturated rings. The number of rotatable bonds is 7. The molecule has 0 bridgehead atoms. The molecule has 3 rings (SSSR count). The van der Waals surface area contributed by atoms with Gasteiger partial charge in [-0.3, -0.25) is 4.79 Å². The fourth-order valence-electron chi connectivity index (χ4n) is 3.42. The van der Waals surface area contributed by atoms with Crippen molar-refractivity contribution in [3.05, 3.63) is 52.2 Å². The lowest BCUT2D eigenvalue weighted by molar-refractivity contribution is 0.0932. The molecule has 2 aromatic rings. The zero-order valence-electron chi connectivity index (χ0n) is 17.2. The second-order valence-electron chi connectivity index (χ2n) is 7.91. The van der Waals surface area contributed by atoms with Crippen LogP contribution >= 0.6 is 11.3 Å². The van der Waals surface area contributed by atoms with Gasteiger partial charge >= 0.3 is 0 Å². The summed E-state index contributed by atoms with van der Waals surface area (Å²) in [6, 6.07) is 10.3. The fourth-order valence-corrected chi connectivity index (χ4v) is 5.68. The molecule has 1 unspecified atom stereocenters. The van der Waals surface area contributed by atoms with E-state index in [1.165, 1.54) is 10.4 Å². The summed E-state index contributed by atoms with van der Waals surface area (Å²) in [5, 5.41) is 5.09. The average molecular weight is 436 g/mol. The third-order valence-corrected chi connectivity index (χ3v) is 7.98. The number of carbonyl (C=O) groups is 1. The van der Waals surface area contributed by atoms with Gasteiger partial charge in [0.2, 0.25) is 10.0 Å². The topological polar surface area (TPSA) is 69.7 Å². The predicted molar refractivity (Wildman–Crippen MR) is 117 cm³/mol. The van der Waals surface area contributed by atoms with E-state index in [1.54, 1.807) is 29.5 Å². The van der Waals surface area contributed by atoms with Crippen LogP contribution in [-0.2, 0) is 10.0 Å². The van der Waals surface area contributed by atoms with Gasteiger partial charge in [-0.1, -0.05) is 26.0 Å². The second kappa shape index (κ2) is 9.38. The van der Waals surface area contributed by atoms with E-state index in [0.717, 1.165) is 11.3 Å². The molecule has 1 aliphatic rings. The first-order chi connectivity index (χ1) is 13.8. The second-order valence-corrected chi connectivity index (χ2v) is 10.8. The van der Waals surface area contributed by atoms with Gasteiger partial charge in [0, 0.05) is 36.6 Å². The summed E-state index contributed by atoms with van der Waals surface area (Å²) in [5.41, 5.74) is 0.366. The van der Waals surface area contributed by atoms with Gasteiger partial charge in [0.1, 0.15) is 0 Å². The summed E-state index contributed by atoms with van der Waals surface area (Å²) < 4.78 is 27.5. The number of sulfonamides is 1. The molecule has 29 heavy (non-hydrogen) atoms. The Morgan fingerprint density at radius 3 is 2.48 bits per heavy atom. The molecule has 1 aliphatic heterocycles. The van der Waals surface area contributed by atoms with E-state index in [9.17, 15) is 13.2 Å². The predicted octanol–water partition coefficient (Wildman–Crippen LogP) is 3.20. The highest BCUT2D eigenvalue weighted by atomic mass is 32.2. The molecule has 1 atom stereocenters. The average Bonchev–Trinajstić information content (AvgIpc) is 3.22. The standard InChI is InChI=1S/C21H29N3O3S2/c1-16(2)14-19(20-8-5-13-28-20)22-21(25)17-6-4-7-18(15-17)29(26,27)24-11-9-23(3)10-12-24/h4-8,13,15-16,19H,9-12,14H2,1-3H3,(H,22,25). The molecule has 2 heterocycles. The molecule has 1 saturated heterocycles. The van der Waals surface area contributed by atoms with Gasteiger partial charge in [0.25, 0.3) is 5.91 Å². The van der Waals surface area contributed by atoms with Crippen molar-refractivity contribution < 1.29 is 13.2 Å². The van der Waals surface area contributed by atoms with Crippen LogP contribution in [0.3, 0.4) is 0 Å². The van der Waals surface area contributed by atoms with Crippen LogP contribution < -0.4 is 5.32 Å². The van der Waals surface area contributed by atoms with Crippen molar-refractivity contribution >= 4 is 27.3 Å². The zero-order chi connectivity index (χ0) is 21.0. The number of amides is 1. The van der Waals surface area contributed by atoms with E-state index in [1.807, 2.05) is 24.6 Å². The Morgan fingerprint density at radius 2 is 1.86 bits per heavy atom. The van der Waals surface area contributed by atoms with Crippen LogP contribution in [0.4, 0.5) is 0 Å². The molecule has 1 aromatic heterocycles. The quantitative estimate of drug-likeness (QED) is 0.725. The summed E-state index contributed by atoms with van der Waals surface area (Å²) >= 11 is 1.62.